The first-order valence-corrected chi connectivity index (χ1v) is 9.27. The van der Waals surface area contributed by atoms with Crippen LogP contribution in [0.4, 0.5) is 0 Å². The third-order valence-electron chi connectivity index (χ3n) is 5.09. The maximum Gasteiger partial charge on any atom is 0.191 e. The molecule has 142 valence electrons. The van der Waals surface area contributed by atoms with Crippen molar-refractivity contribution >= 4 is 29.9 Å². The standard InChI is InChI=1S/C20H34N4.HI/c1-5-24-13-9-10-17(15-24)14-22-19(21-4)23-16-20(2,3)18-11-7-6-8-12-18;/h6-8,11-12,17H,5,9-10,13-16H2,1-4H3,(H2,21,22,23);1H. The topological polar surface area (TPSA) is 39.7 Å². The molecule has 0 aliphatic carbocycles. The lowest BCUT2D eigenvalue weighted by Gasteiger charge is -2.32. The van der Waals surface area contributed by atoms with E-state index in [1.807, 2.05) is 7.05 Å². The van der Waals surface area contributed by atoms with Crippen molar-refractivity contribution in [2.75, 3.05) is 39.8 Å². The van der Waals surface area contributed by atoms with Gasteiger partial charge in [0.15, 0.2) is 5.96 Å². The van der Waals surface area contributed by atoms with Crippen LogP contribution in [0.5, 0.6) is 0 Å². The maximum atomic E-state index is 4.39. The van der Waals surface area contributed by atoms with E-state index < -0.39 is 0 Å². The molecule has 1 aliphatic heterocycles. The number of hydrogen-bond donors (Lipinski definition) is 2. The molecular weight excluding hydrogens is 423 g/mol. The molecule has 0 bridgehead atoms. The molecule has 1 atom stereocenters. The lowest BCUT2D eigenvalue weighted by Crippen LogP contribution is -2.47. The summed E-state index contributed by atoms with van der Waals surface area (Å²) >= 11 is 0. The Hall–Kier alpha value is -0.820. The fraction of sp³-hybridized carbons (Fsp3) is 0.650. The predicted molar refractivity (Wildman–Crippen MR) is 119 cm³/mol. The largest absolute Gasteiger partial charge is 0.356 e. The Morgan fingerprint density at radius 1 is 1.24 bits per heavy atom. The first-order chi connectivity index (χ1) is 11.5. The van der Waals surface area contributed by atoms with Crippen molar-refractivity contribution in [3.63, 3.8) is 0 Å². The molecule has 0 amide bonds. The summed E-state index contributed by atoms with van der Waals surface area (Å²) in [4.78, 5) is 6.94. The van der Waals surface area contributed by atoms with Gasteiger partial charge >= 0.3 is 0 Å². The number of aliphatic imine (C=N–C) groups is 1. The highest BCUT2D eigenvalue weighted by molar-refractivity contribution is 14.0. The van der Waals surface area contributed by atoms with E-state index in [4.69, 9.17) is 0 Å². The molecule has 0 spiro atoms. The summed E-state index contributed by atoms with van der Waals surface area (Å²) in [5, 5.41) is 7.02. The van der Waals surface area contributed by atoms with E-state index in [9.17, 15) is 0 Å². The Morgan fingerprint density at radius 3 is 2.60 bits per heavy atom. The van der Waals surface area contributed by atoms with Gasteiger partial charge in [0.25, 0.3) is 0 Å². The predicted octanol–water partition coefficient (Wildman–Crippen LogP) is 3.48. The van der Waals surface area contributed by atoms with Crippen molar-refractivity contribution in [3.8, 4) is 0 Å². The van der Waals surface area contributed by atoms with Gasteiger partial charge in [-0.2, -0.15) is 0 Å². The third-order valence-corrected chi connectivity index (χ3v) is 5.09. The van der Waals surface area contributed by atoms with Gasteiger partial charge in [-0.05, 0) is 37.4 Å². The summed E-state index contributed by atoms with van der Waals surface area (Å²) in [6.45, 7) is 12.3. The molecule has 1 aromatic carbocycles. The van der Waals surface area contributed by atoms with Crippen LogP contribution in [-0.2, 0) is 5.41 Å². The van der Waals surface area contributed by atoms with Gasteiger partial charge in [-0.1, -0.05) is 51.1 Å². The van der Waals surface area contributed by atoms with Gasteiger partial charge < -0.3 is 15.5 Å². The number of benzene rings is 1. The number of nitrogens with zero attached hydrogens (tertiary/aromatic N) is 2. The monoisotopic (exact) mass is 458 g/mol. The number of nitrogens with one attached hydrogen (secondary N) is 2. The van der Waals surface area contributed by atoms with E-state index in [0.29, 0.717) is 0 Å². The van der Waals surface area contributed by atoms with Crippen molar-refractivity contribution in [2.45, 2.75) is 39.0 Å². The van der Waals surface area contributed by atoms with Gasteiger partial charge in [-0.25, -0.2) is 0 Å². The summed E-state index contributed by atoms with van der Waals surface area (Å²) in [5.41, 5.74) is 1.42. The SMILES string of the molecule is CCN1CCCC(CNC(=NC)NCC(C)(C)c2ccccc2)C1.I. The number of halogens is 1. The summed E-state index contributed by atoms with van der Waals surface area (Å²) in [6.07, 6.45) is 2.63. The van der Waals surface area contributed by atoms with Crippen molar-refractivity contribution in [1.29, 1.82) is 0 Å². The maximum absolute atomic E-state index is 4.39. The lowest BCUT2D eigenvalue weighted by molar-refractivity contribution is 0.183. The molecule has 1 fully saturated rings. The van der Waals surface area contributed by atoms with E-state index in [-0.39, 0.29) is 29.4 Å². The summed E-state index contributed by atoms with van der Waals surface area (Å²) in [6, 6.07) is 10.7. The van der Waals surface area contributed by atoms with Crippen molar-refractivity contribution in [1.82, 2.24) is 15.5 Å². The zero-order valence-electron chi connectivity index (χ0n) is 16.2. The van der Waals surface area contributed by atoms with Gasteiger partial charge in [0.05, 0.1) is 0 Å². The molecule has 1 aliphatic rings. The van der Waals surface area contributed by atoms with Gasteiger partial charge in [-0.15, -0.1) is 24.0 Å². The van der Waals surface area contributed by atoms with E-state index in [1.165, 1.54) is 31.5 Å². The minimum atomic E-state index is 0. The molecule has 2 N–H and O–H groups in total. The first kappa shape index (κ1) is 22.2. The molecule has 5 heteroatoms. The number of likely N-dealkylation sites (tertiary alicyclic amines) is 1. The minimum absolute atomic E-state index is 0. The fourth-order valence-electron chi connectivity index (χ4n) is 3.36. The Morgan fingerprint density at radius 2 is 1.96 bits per heavy atom. The molecule has 4 nitrogen and oxygen atoms in total. The van der Waals surface area contributed by atoms with Gasteiger partial charge in [0.1, 0.15) is 0 Å². The summed E-state index contributed by atoms with van der Waals surface area (Å²) in [5.74, 6) is 1.63. The Labute approximate surface area is 170 Å². The van der Waals surface area contributed by atoms with Crippen LogP contribution >= 0.6 is 24.0 Å². The van der Waals surface area contributed by atoms with Gasteiger partial charge in [0.2, 0.25) is 0 Å². The molecule has 1 saturated heterocycles. The van der Waals surface area contributed by atoms with Crippen LogP contribution in [-0.4, -0.2) is 50.6 Å². The van der Waals surface area contributed by atoms with Crippen molar-refractivity contribution in [3.05, 3.63) is 35.9 Å². The molecule has 0 saturated carbocycles. The van der Waals surface area contributed by atoms with Crippen LogP contribution < -0.4 is 10.6 Å². The zero-order valence-corrected chi connectivity index (χ0v) is 18.5. The summed E-state index contributed by atoms with van der Waals surface area (Å²) < 4.78 is 0. The quantitative estimate of drug-likeness (QED) is 0.390. The van der Waals surface area contributed by atoms with Gasteiger partial charge in [-0.3, -0.25) is 4.99 Å². The second kappa shape index (κ2) is 11.0. The molecule has 2 rings (SSSR count). The molecule has 1 aromatic rings. The van der Waals surface area contributed by atoms with Crippen LogP contribution in [0.15, 0.2) is 35.3 Å². The smallest absolute Gasteiger partial charge is 0.191 e. The zero-order chi connectivity index (χ0) is 17.4. The van der Waals surface area contributed by atoms with Crippen LogP contribution in [0, 0.1) is 5.92 Å². The molecular formula is C20H35IN4. The van der Waals surface area contributed by atoms with E-state index in [0.717, 1.165) is 31.5 Å². The second-order valence-corrected chi connectivity index (χ2v) is 7.46. The van der Waals surface area contributed by atoms with Crippen LogP contribution in [0.3, 0.4) is 0 Å². The van der Waals surface area contributed by atoms with Gasteiger partial charge in [0, 0.05) is 32.1 Å². The first-order valence-electron chi connectivity index (χ1n) is 9.27. The Bertz CT molecular complexity index is 516. The Kier molecular flexibility index (Phi) is 9.79. The van der Waals surface area contributed by atoms with Crippen LogP contribution in [0.1, 0.15) is 39.2 Å². The number of rotatable bonds is 6. The van der Waals surface area contributed by atoms with Crippen LogP contribution in [0.2, 0.25) is 0 Å². The lowest BCUT2D eigenvalue weighted by atomic mass is 9.85. The molecule has 25 heavy (non-hydrogen) atoms. The minimum Gasteiger partial charge on any atom is -0.356 e. The molecule has 0 radical (unpaired) electrons. The average molecular weight is 458 g/mol. The van der Waals surface area contributed by atoms with Crippen molar-refractivity contribution < 1.29 is 0 Å². The third kappa shape index (κ3) is 7.13. The molecule has 0 aromatic heterocycles. The fourth-order valence-corrected chi connectivity index (χ4v) is 3.36. The normalized spacial score (nSPS) is 19.2. The number of guanidine groups is 1. The highest BCUT2D eigenvalue weighted by Gasteiger charge is 2.21. The number of piperidine rings is 1. The van der Waals surface area contributed by atoms with Crippen molar-refractivity contribution in [2.24, 2.45) is 10.9 Å². The van der Waals surface area contributed by atoms with E-state index in [2.05, 4.69) is 71.6 Å². The number of hydrogen-bond acceptors (Lipinski definition) is 2. The highest BCUT2D eigenvalue weighted by Crippen LogP contribution is 2.21. The molecule has 1 heterocycles. The average Bonchev–Trinajstić information content (AvgIpc) is 2.62. The Balaban J connectivity index is 0.00000312. The second-order valence-electron chi connectivity index (χ2n) is 7.46. The van der Waals surface area contributed by atoms with Crippen LogP contribution in [0.25, 0.3) is 0 Å². The van der Waals surface area contributed by atoms with E-state index >= 15 is 0 Å². The highest BCUT2D eigenvalue weighted by atomic mass is 127. The molecule has 1 unspecified atom stereocenters. The summed E-state index contributed by atoms with van der Waals surface area (Å²) in [7, 11) is 1.85. The van der Waals surface area contributed by atoms with E-state index in [1.54, 1.807) is 0 Å².